The van der Waals surface area contributed by atoms with Crippen LogP contribution >= 0.6 is 11.8 Å². The molecule has 4 aromatic carbocycles. The lowest BCUT2D eigenvalue weighted by Gasteiger charge is -2.13. The van der Waals surface area contributed by atoms with E-state index in [0.717, 1.165) is 16.3 Å². The van der Waals surface area contributed by atoms with Gasteiger partial charge in [-0.2, -0.15) is 5.10 Å². The number of nitrogens with one attached hydrogen (secondary N) is 1. The van der Waals surface area contributed by atoms with Crippen molar-refractivity contribution in [2.24, 2.45) is 5.10 Å². The number of hydrogen-bond acceptors (Lipinski definition) is 6. The molecular formula is C29H24N4O3S. The number of amides is 1. The number of thioether (sulfide) groups is 1. The van der Waals surface area contributed by atoms with Crippen LogP contribution in [0, 0.1) is 0 Å². The Labute approximate surface area is 217 Å². The second kappa shape index (κ2) is 10.7. The molecule has 0 saturated carbocycles. The molecule has 0 unspecified atom stereocenters. The van der Waals surface area contributed by atoms with Gasteiger partial charge >= 0.3 is 0 Å². The number of carbonyl (C=O) groups excluding carboxylic acids is 1. The molecule has 1 aromatic heterocycles. The van der Waals surface area contributed by atoms with Crippen LogP contribution in [0.25, 0.3) is 27.4 Å². The van der Waals surface area contributed by atoms with Gasteiger partial charge in [-0.3, -0.25) is 14.2 Å². The van der Waals surface area contributed by atoms with Crippen LogP contribution in [0.5, 0.6) is 5.75 Å². The third kappa shape index (κ3) is 5.10. The summed E-state index contributed by atoms with van der Waals surface area (Å²) in [5, 5.41) is 7.42. The van der Waals surface area contributed by atoms with Crippen LogP contribution in [-0.4, -0.2) is 34.0 Å². The monoisotopic (exact) mass is 508 g/mol. The zero-order chi connectivity index (χ0) is 25.8. The van der Waals surface area contributed by atoms with E-state index in [1.165, 1.54) is 16.3 Å². The number of hydrazone groups is 1. The summed E-state index contributed by atoms with van der Waals surface area (Å²) in [7, 11) is 1.59. The van der Waals surface area contributed by atoms with Crippen molar-refractivity contribution in [2.45, 2.75) is 12.1 Å². The number of rotatable bonds is 7. The number of para-hydroxylation sites is 1. The highest BCUT2D eigenvalue weighted by atomic mass is 32.2. The van der Waals surface area contributed by atoms with Gasteiger partial charge in [-0.15, -0.1) is 0 Å². The van der Waals surface area contributed by atoms with Crippen molar-refractivity contribution in [3.8, 4) is 11.4 Å². The second-order valence-electron chi connectivity index (χ2n) is 8.30. The van der Waals surface area contributed by atoms with Crippen molar-refractivity contribution >= 4 is 45.1 Å². The lowest BCUT2D eigenvalue weighted by atomic mass is 10.0. The number of ether oxygens (including phenoxy) is 1. The normalized spacial score (nSPS) is 11.6. The minimum Gasteiger partial charge on any atom is -0.497 e. The van der Waals surface area contributed by atoms with E-state index >= 15 is 0 Å². The van der Waals surface area contributed by atoms with Gasteiger partial charge in [0.15, 0.2) is 5.16 Å². The molecule has 1 heterocycles. The van der Waals surface area contributed by atoms with Gasteiger partial charge < -0.3 is 4.74 Å². The SMILES string of the molecule is COc1ccc(-n2c(SCC(=O)N/N=C(\C)c3cccc4ccccc34)nc3ccccc3c2=O)cc1. The first-order valence-corrected chi connectivity index (χ1v) is 12.6. The van der Waals surface area contributed by atoms with E-state index < -0.39 is 0 Å². The molecule has 7 nitrogen and oxygen atoms in total. The molecule has 5 rings (SSSR count). The van der Waals surface area contributed by atoms with Gasteiger partial charge in [-0.25, -0.2) is 10.4 Å². The van der Waals surface area contributed by atoms with Crippen molar-refractivity contribution in [3.63, 3.8) is 0 Å². The minimum absolute atomic E-state index is 0.0350. The zero-order valence-electron chi connectivity index (χ0n) is 20.3. The average Bonchev–Trinajstić information content (AvgIpc) is 2.94. The molecule has 184 valence electrons. The Morgan fingerprint density at radius 1 is 0.946 bits per heavy atom. The number of methoxy groups -OCH3 is 1. The fourth-order valence-electron chi connectivity index (χ4n) is 4.08. The lowest BCUT2D eigenvalue weighted by Crippen LogP contribution is -2.24. The standard InChI is InChI=1S/C29H24N4O3S/c1-19(23-12-7-9-20-8-3-4-10-24(20)23)31-32-27(34)18-37-29-30-26-13-6-5-11-25(26)28(35)33(29)21-14-16-22(36-2)17-15-21/h3-17H,18H2,1-2H3,(H,32,34)/b31-19+. The summed E-state index contributed by atoms with van der Waals surface area (Å²) in [6.45, 7) is 1.86. The van der Waals surface area contributed by atoms with Crippen LogP contribution < -0.4 is 15.7 Å². The van der Waals surface area contributed by atoms with Gasteiger partial charge in [-0.1, -0.05) is 66.4 Å². The highest BCUT2D eigenvalue weighted by Crippen LogP contribution is 2.23. The summed E-state index contributed by atoms with van der Waals surface area (Å²) in [4.78, 5) is 30.8. The van der Waals surface area contributed by atoms with Gasteiger partial charge in [0.2, 0.25) is 0 Å². The van der Waals surface area contributed by atoms with E-state index in [1.807, 2.05) is 55.5 Å². The summed E-state index contributed by atoms with van der Waals surface area (Å²) in [5.74, 6) is 0.416. The topological polar surface area (TPSA) is 85.6 Å². The lowest BCUT2D eigenvalue weighted by molar-refractivity contribution is -0.118. The van der Waals surface area contributed by atoms with E-state index in [-0.39, 0.29) is 17.2 Å². The highest BCUT2D eigenvalue weighted by molar-refractivity contribution is 7.99. The Morgan fingerprint density at radius 2 is 1.65 bits per heavy atom. The van der Waals surface area contributed by atoms with Gasteiger partial charge in [-0.05, 0) is 54.1 Å². The Hall–Kier alpha value is -4.43. The Bertz CT molecular complexity index is 1690. The molecule has 0 atom stereocenters. The fraction of sp³-hybridized carbons (Fsp3) is 0.103. The molecular weight excluding hydrogens is 484 g/mol. The molecule has 1 amide bonds. The first-order valence-electron chi connectivity index (χ1n) is 11.7. The Balaban J connectivity index is 1.39. The molecule has 0 aliphatic rings. The van der Waals surface area contributed by atoms with Gasteiger partial charge in [0.1, 0.15) is 5.75 Å². The largest absolute Gasteiger partial charge is 0.497 e. The molecule has 5 aromatic rings. The Morgan fingerprint density at radius 3 is 2.43 bits per heavy atom. The molecule has 0 fully saturated rings. The van der Waals surface area contributed by atoms with Crippen LogP contribution in [0.1, 0.15) is 12.5 Å². The molecule has 0 radical (unpaired) electrons. The summed E-state index contributed by atoms with van der Waals surface area (Å²) in [5.41, 5.74) is 5.30. The third-order valence-electron chi connectivity index (χ3n) is 5.94. The van der Waals surface area contributed by atoms with Crippen LogP contribution in [-0.2, 0) is 4.79 Å². The van der Waals surface area contributed by atoms with E-state index in [0.29, 0.717) is 33.2 Å². The number of benzene rings is 4. The Kier molecular flexibility index (Phi) is 7.00. The predicted octanol–water partition coefficient (Wildman–Crippen LogP) is 5.18. The van der Waals surface area contributed by atoms with Crippen LogP contribution in [0.2, 0.25) is 0 Å². The fourth-order valence-corrected chi connectivity index (χ4v) is 4.88. The molecule has 0 spiro atoms. The van der Waals surface area contributed by atoms with Gasteiger partial charge in [0.25, 0.3) is 11.5 Å². The minimum atomic E-state index is -0.298. The van der Waals surface area contributed by atoms with Crippen molar-refractivity contribution < 1.29 is 9.53 Å². The van der Waals surface area contributed by atoms with E-state index in [1.54, 1.807) is 49.6 Å². The van der Waals surface area contributed by atoms with E-state index in [9.17, 15) is 9.59 Å². The quantitative estimate of drug-likeness (QED) is 0.142. The zero-order valence-corrected chi connectivity index (χ0v) is 21.2. The molecule has 0 saturated heterocycles. The average molecular weight is 509 g/mol. The summed E-state index contributed by atoms with van der Waals surface area (Å²) >= 11 is 1.18. The van der Waals surface area contributed by atoms with Crippen LogP contribution in [0.4, 0.5) is 0 Å². The number of fused-ring (bicyclic) bond motifs is 2. The number of hydrogen-bond donors (Lipinski definition) is 1. The predicted molar refractivity (Wildman–Crippen MR) is 149 cm³/mol. The molecule has 0 bridgehead atoms. The molecule has 0 aliphatic heterocycles. The van der Waals surface area contributed by atoms with Crippen molar-refractivity contribution in [2.75, 3.05) is 12.9 Å². The summed E-state index contributed by atoms with van der Waals surface area (Å²) in [6.07, 6.45) is 0. The van der Waals surface area contributed by atoms with E-state index in [4.69, 9.17) is 4.74 Å². The number of aromatic nitrogens is 2. The molecule has 0 aliphatic carbocycles. The summed E-state index contributed by atoms with van der Waals surface area (Å²) in [6, 6.07) is 28.4. The number of nitrogens with zero attached hydrogens (tertiary/aromatic N) is 3. The van der Waals surface area contributed by atoms with Crippen LogP contribution in [0.3, 0.4) is 0 Å². The third-order valence-corrected chi connectivity index (χ3v) is 6.87. The second-order valence-corrected chi connectivity index (χ2v) is 9.24. The van der Waals surface area contributed by atoms with Gasteiger partial charge in [0.05, 0.1) is 35.2 Å². The van der Waals surface area contributed by atoms with E-state index in [2.05, 4.69) is 15.5 Å². The van der Waals surface area contributed by atoms with Crippen molar-refractivity contribution in [1.29, 1.82) is 0 Å². The summed E-state index contributed by atoms with van der Waals surface area (Å²) < 4.78 is 6.76. The molecule has 8 heteroatoms. The van der Waals surface area contributed by atoms with Crippen molar-refractivity contribution in [3.05, 3.63) is 107 Å². The van der Waals surface area contributed by atoms with Crippen molar-refractivity contribution in [1.82, 2.24) is 15.0 Å². The number of carbonyl (C=O) groups is 1. The van der Waals surface area contributed by atoms with Gasteiger partial charge in [0, 0.05) is 5.56 Å². The smallest absolute Gasteiger partial charge is 0.266 e. The highest BCUT2D eigenvalue weighted by Gasteiger charge is 2.15. The maximum Gasteiger partial charge on any atom is 0.266 e. The van der Waals surface area contributed by atoms with Crippen LogP contribution in [0.15, 0.2) is 106 Å². The maximum atomic E-state index is 13.4. The molecule has 37 heavy (non-hydrogen) atoms. The first-order chi connectivity index (χ1) is 18.0. The maximum absolute atomic E-state index is 13.4. The first kappa shape index (κ1) is 24.3. The molecule has 1 N–H and O–H groups in total.